The van der Waals surface area contributed by atoms with Gasteiger partial charge in [0.05, 0.1) is 5.69 Å². The average molecular weight is 350 g/mol. The highest BCUT2D eigenvalue weighted by Crippen LogP contribution is 2.36. The third kappa shape index (κ3) is 5.52. The molecule has 1 rings (SSSR count). The van der Waals surface area contributed by atoms with Gasteiger partial charge in [0, 0.05) is 26.2 Å². The van der Waals surface area contributed by atoms with Crippen LogP contribution in [0, 0.1) is 0 Å². The number of benzene rings is 1. The zero-order valence-electron chi connectivity index (χ0n) is 15.5. The van der Waals surface area contributed by atoms with Gasteiger partial charge in [-0.2, -0.15) is 0 Å². The van der Waals surface area contributed by atoms with Crippen LogP contribution in [0.1, 0.15) is 20.8 Å². The summed E-state index contributed by atoms with van der Waals surface area (Å²) in [7, 11) is 1.52. The van der Waals surface area contributed by atoms with Crippen molar-refractivity contribution in [3.63, 3.8) is 0 Å². The van der Waals surface area contributed by atoms with Crippen LogP contribution in [0.4, 0.5) is 5.69 Å². The molecule has 132 valence electrons. The van der Waals surface area contributed by atoms with Gasteiger partial charge < -0.3 is 14.1 Å². The minimum absolute atomic E-state index is 0.0817. The highest BCUT2D eigenvalue weighted by Gasteiger charge is 2.39. The maximum atomic E-state index is 11.9. The van der Waals surface area contributed by atoms with E-state index in [1.54, 1.807) is 12.1 Å². The Balaban J connectivity index is 2.72. The van der Waals surface area contributed by atoms with Crippen LogP contribution in [0.25, 0.3) is 0 Å². The summed E-state index contributed by atoms with van der Waals surface area (Å²) < 4.78 is 10.9. The topological polar surface area (TPSA) is 55.8 Å². The van der Waals surface area contributed by atoms with Crippen molar-refractivity contribution in [3.8, 4) is 5.75 Å². The molecule has 0 aliphatic heterocycles. The van der Waals surface area contributed by atoms with E-state index in [2.05, 4.69) is 0 Å². The summed E-state index contributed by atoms with van der Waals surface area (Å²) >= 11 is 0. The molecule has 6 heteroatoms. The molecule has 0 aromatic heterocycles. The van der Waals surface area contributed by atoms with Crippen LogP contribution < -0.4 is 9.64 Å². The molecular weight excluding hydrogens is 322 g/mol. The number of anilines is 1. The zero-order valence-corrected chi connectivity index (χ0v) is 16.5. The Morgan fingerprint density at radius 1 is 1.04 bits per heavy atom. The van der Waals surface area contributed by atoms with Crippen molar-refractivity contribution in [1.29, 1.82) is 0 Å². The fourth-order valence-electron chi connectivity index (χ4n) is 1.63. The number of carbonyl (C=O) groups excluding carboxylic acids is 2. The third-order valence-electron chi connectivity index (χ3n) is 4.08. The molecule has 0 radical (unpaired) electrons. The van der Waals surface area contributed by atoms with E-state index >= 15 is 0 Å². The molecule has 0 aliphatic rings. The maximum absolute atomic E-state index is 11.9. The number of nitrogens with zero attached hydrogens (tertiary/aromatic N) is 1. The van der Waals surface area contributed by atoms with Crippen molar-refractivity contribution in [2.24, 2.45) is 0 Å². The van der Waals surface area contributed by atoms with E-state index in [0.29, 0.717) is 5.75 Å². The van der Waals surface area contributed by atoms with E-state index in [4.69, 9.17) is 9.16 Å². The first-order valence-electron chi connectivity index (χ1n) is 7.83. The van der Waals surface area contributed by atoms with Gasteiger partial charge in [-0.05, 0) is 30.3 Å². The van der Waals surface area contributed by atoms with Crippen molar-refractivity contribution in [1.82, 2.24) is 0 Å². The van der Waals surface area contributed by atoms with Gasteiger partial charge >= 0.3 is 11.9 Å². The number of esters is 1. The minimum Gasteiger partial charge on any atom is -0.516 e. The van der Waals surface area contributed by atoms with Crippen molar-refractivity contribution in [2.75, 3.05) is 19.0 Å². The van der Waals surface area contributed by atoms with Crippen molar-refractivity contribution in [2.45, 2.75) is 38.9 Å². The first kappa shape index (κ1) is 20.0. The van der Waals surface area contributed by atoms with Crippen LogP contribution in [0.2, 0.25) is 18.1 Å². The molecule has 0 atom stereocenters. The van der Waals surface area contributed by atoms with Crippen molar-refractivity contribution in [3.05, 3.63) is 36.4 Å². The lowest BCUT2D eigenvalue weighted by atomic mass is 10.2. The van der Waals surface area contributed by atoms with Crippen molar-refractivity contribution >= 4 is 25.9 Å². The SMILES string of the molecule is CN(C)c1ccccc1OC(=O)/C=C/C(=O)O[Si](C)(C)C(C)(C)C. The van der Waals surface area contributed by atoms with Crippen LogP contribution in [0.3, 0.4) is 0 Å². The van der Waals surface area contributed by atoms with Crippen molar-refractivity contribution < 1.29 is 18.8 Å². The molecular formula is C18H27NO4Si. The van der Waals surface area contributed by atoms with E-state index in [1.165, 1.54) is 0 Å². The van der Waals surface area contributed by atoms with Gasteiger partial charge in [-0.1, -0.05) is 32.9 Å². The number of ether oxygens (including phenoxy) is 1. The highest BCUT2D eigenvalue weighted by atomic mass is 28.4. The second kappa shape index (κ2) is 7.66. The molecule has 24 heavy (non-hydrogen) atoms. The summed E-state index contributed by atoms with van der Waals surface area (Å²) in [6.45, 7) is 10.1. The predicted octanol–water partition coefficient (Wildman–Crippen LogP) is 3.76. The van der Waals surface area contributed by atoms with Gasteiger partial charge in [-0.25, -0.2) is 9.59 Å². The average Bonchev–Trinajstić information content (AvgIpc) is 2.44. The number of rotatable bonds is 5. The molecule has 0 bridgehead atoms. The molecule has 0 spiro atoms. The Hall–Kier alpha value is -2.08. The molecule has 0 saturated carbocycles. The van der Waals surface area contributed by atoms with Gasteiger partial charge in [0.15, 0.2) is 5.75 Å². The van der Waals surface area contributed by atoms with Gasteiger partial charge in [0.2, 0.25) is 0 Å². The fraction of sp³-hybridized carbons (Fsp3) is 0.444. The Morgan fingerprint density at radius 3 is 2.12 bits per heavy atom. The van der Waals surface area contributed by atoms with Gasteiger partial charge in [-0.15, -0.1) is 0 Å². The van der Waals surface area contributed by atoms with Crippen LogP contribution in [-0.4, -0.2) is 34.4 Å². The summed E-state index contributed by atoms with van der Waals surface area (Å²) in [6, 6.07) is 7.19. The highest BCUT2D eigenvalue weighted by molar-refractivity contribution is 6.75. The van der Waals surface area contributed by atoms with Crippen LogP contribution >= 0.6 is 0 Å². The second-order valence-corrected chi connectivity index (χ2v) is 12.0. The van der Waals surface area contributed by atoms with E-state index in [1.807, 2.05) is 65.0 Å². The number of para-hydroxylation sites is 2. The number of hydrogen-bond acceptors (Lipinski definition) is 5. The second-order valence-electron chi connectivity index (χ2n) is 7.30. The Bertz CT molecular complexity index is 630. The first-order chi connectivity index (χ1) is 10.9. The lowest BCUT2D eigenvalue weighted by Crippen LogP contribution is -2.42. The van der Waals surface area contributed by atoms with E-state index < -0.39 is 20.3 Å². The first-order valence-corrected chi connectivity index (χ1v) is 10.7. The molecule has 0 amide bonds. The Labute approximate surface area is 145 Å². The van der Waals surface area contributed by atoms with Crippen LogP contribution in [0.5, 0.6) is 5.75 Å². The molecule has 0 aliphatic carbocycles. The molecule has 0 heterocycles. The monoisotopic (exact) mass is 349 g/mol. The van der Waals surface area contributed by atoms with Crippen LogP contribution in [-0.2, 0) is 14.0 Å². The molecule has 5 nitrogen and oxygen atoms in total. The maximum Gasteiger partial charge on any atom is 0.336 e. The quantitative estimate of drug-likeness (QED) is 0.351. The molecule has 0 saturated heterocycles. The zero-order chi connectivity index (χ0) is 18.5. The lowest BCUT2D eigenvalue weighted by Gasteiger charge is -2.34. The Morgan fingerprint density at radius 2 is 1.58 bits per heavy atom. The third-order valence-corrected chi connectivity index (χ3v) is 8.40. The molecule has 1 aromatic rings. The lowest BCUT2D eigenvalue weighted by molar-refractivity contribution is -0.132. The number of carbonyl (C=O) groups is 2. The predicted molar refractivity (Wildman–Crippen MR) is 98.8 cm³/mol. The molecule has 0 N–H and O–H groups in total. The normalized spacial score (nSPS) is 12.1. The Kier molecular flexibility index (Phi) is 6.37. The largest absolute Gasteiger partial charge is 0.516 e. The fourth-order valence-corrected chi connectivity index (χ4v) is 2.51. The molecule has 0 unspecified atom stereocenters. The smallest absolute Gasteiger partial charge is 0.336 e. The number of hydrogen-bond donors (Lipinski definition) is 0. The summed E-state index contributed by atoms with van der Waals surface area (Å²) in [5.74, 6) is -0.689. The minimum atomic E-state index is -2.20. The standard InChI is InChI=1S/C18H27NO4Si/c1-18(2,3)24(6,7)23-17(21)13-12-16(20)22-15-11-9-8-10-14(15)19(4)5/h8-13H,1-7H3/b13-12+. The van der Waals surface area contributed by atoms with Crippen LogP contribution in [0.15, 0.2) is 36.4 Å². The summed E-state index contributed by atoms with van der Waals surface area (Å²) in [6.07, 6.45) is 2.23. The summed E-state index contributed by atoms with van der Waals surface area (Å²) in [5, 5.41) is -0.0817. The van der Waals surface area contributed by atoms with Gasteiger partial charge in [0.1, 0.15) is 0 Å². The van der Waals surface area contributed by atoms with Gasteiger partial charge in [-0.3, -0.25) is 0 Å². The van der Waals surface area contributed by atoms with E-state index in [0.717, 1.165) is 17.8 Å². The summed E-state index contributed by atoms with van der Waals surface area (Å²) in [4.78, 5) is 25.7. The molecule has 0 fully saturated rings. The summed E-state index contributed by atoms with van der Waals surface area (Å²) in [5.41, 5.74) is 0.781. The van der Waals surface area contributed by atoms with E-state index in [9.17, 15) is 9.59 Å². The van der Waals surface area contributed by atoms with E-state index in [-0.39, 0.29) is 5.04 Å². The van der Waals surface area contributed by atoms with Gasteiger partial charge in [0.25, 0.3) is 8.32 Å². The molecule has 1 aromatic carbocycles.